The minimum atomic E-state index is 0.535. The van der Waals surface area contributed by atoms with E-state index < -0.39 is 0 Å². The third-order valence-corrected chi connectivity index (χ3v) is 10.8. The maximum Gasteiger partial charge on any atom is 0.165 e. The number of rotatable bonds is 4. The van der Waals surface area contributed by atoms with Gasteiger partial charge in [0.15, 0.2) is 17.5 Å². The highest BCUT2D eigenvalue weighted by atomic mass is 32.1. The molecule has 0 saturated carbocycles. The fourth-order valence-corrected chi connectivity index (χ4v) is 8.40. The summed E-state index contributed by atoms with van der Waals surface area (Å²) >= 11 is 1.81. The summed E-state index contributed by atoms with van der Waals surface area (Å²) in [5.74, 6) is 1.63. The second kappa shape index (κ2) is 10.9. The van der Waals surface area contributed by atoms with Crippen LogP contribution in [0.5, 0.6) is 0 Å². The van der Waals surface area contributed by atoms with Gasteiger partial charge < -0.3 is 8.83 Å². The lowest BCUT2D eigenvalue weighted by Crippen LogP contribution is -2.00. The van der Waals surface area contributed by atoms with Crippen LogP contribution >= 0.6 is 11.3 Å². The van der Waals surface area contributed by atoms with E-state index >= 15 is 0 Å². The van der Waals surface area contributed by atoms with Gasteiger partial charge in [-0.1, -0.05) is 72.8 Å². The predicted octanol–water partition coefficient (Wildman–Crippen LogP) is 12.1. The third kappa shape index (κ3) is 4.42. The normalized spacial score (nSPS) is 11.9. The van der Waals surface area contributed by atoms with Crippen LogP contribution in [0.15, 0.2) is 155 Å². The summed E-state index contributed by atoms with van der Waals surface area (Å²) < 4.78 is 15.5. The number of nitrogens with zero attached hydrogens (tertiary/aromatic N) is 4. The molecule has 0 N–H and O–H groups in total. The van der Waals surface area contributed by atoms with Crippen molar-refractivity contribution in [2.75, 3.05) is 0 Å². The van der Waals surface area contributed by atoms with Crippen LogP contribution in [0.1, 0.15) is 0 Å². The molecule has 11 aromatic rings. The lowest BCUT2D eigenvalue weighted by Gasteiger charge is -2.11. The monoisotopic (exact) mass is 672 g/mol. The quantitative estimate of drug-likeness (QED) is 0.185. The molecule has 0 amide bonds. The van der Waals surface area contributed by atoms with E-state index in [0.29, 0.717) is 17.5 Å². The lowest BCUT2D eigenvalue weighted by atomic mass is 9.97. The zero-order valence-electron chi connectivity index (χ0n) is 26.9. The van der Waals surface area contributed by atoms with E-state index in [1.54, 1.807) is 12.4 Å². The molecule has 6 nitrogen and oxygen atoms in total. The van der Waals surface area contributed by atoms with Gasteiger partial charge in [-0.15, -0.1) is 11.3 Å². The molecule has 238 valence electrons. The van der Waals surface area contributed by atoms with Crippen molar-refractivity contribution in [3.05, 3.63) is 146 Å². The van der Waals surface area contributed by atoms with E-state index in [-0.39, 0.29) is 0 Å². The Morgan fingerprint density at radius 2 is 1.10 bits per heavy atom. The van der Waals surface area contributed by atoms with Crippen molar-refractivity contribution in [1.82, 2.24) is 19.9 Å². The number of hydrogen-bond acceptors (Lipinski definition) is 7. The molecule has 0 aliphatic carbocycles. The van der Waals surface area contributed by atoms with Gasteiger partial charge in [-0.05, 0) is 66.2 Å². The van der Waals surface area contributed by atoms with Gasteiger partial charge in [-0.3, -0.25) is 4.98 Å². The first kappa shape index (κ1) is 28.2. The summed E-state index contributed by atoms with van der Waals surface area (Å²) in [5.41, 5.74) is 7.83. The van der Waals surface area contributed by atoms with Crippen LogP contribution in [-0.2, 0) is 0 Å². The Hall–Kier alpha value is -6.70. The number of furan rings is 2. The number of fused-ring (bicyclic) bond motifs is 9. The molecule has 0 bridgehead atoms. The van der Waals surface area contributed by atoms with Crippen molar-refractivity contribution in [3.63, 3.8) is 0 Å². The van der Waals surface area contributed by atoms with Crippen LogP contribution in [0.2, 0.25) is 0 Å². The highest BCUT2D eigenvalue weighted by Gasteiger charge is 2.21. The first-order valence-corrected chi connectivity index (χ1v) is 17.5. The average Bonchev–Trinajstić information content (AvgIpc) is 3.88. The SMILES string of the molecule is c1cncc(-c2nc(-c3ccc4c(c3)oc3ccccc34)nc(-c3ccc(-c4ccc5c(c4)sc4ccccc45)c4oc5ccccc5c34)n2)c1. The van der Waals surface area contributed by atoms with Crippen molar-refractivity contribution in [2.45, 2.75) is 0 Å². The second-order valence-electron chi connectivity index (χ2n) is 12.6. The minimum absolute atomic E-state index is 0.535. The molecule has 0 atom stereocenters. The van der Waals surface area contributed by atoms with Crippen LogP contribution in [-0.4, -0.2) is 19.9 Å². The smallest absolute Gasteiger partial charge is 0.165 e. The Morgan fingerprint density at radius 3 is 1.96 bits per heavy atom. The van der Waals surface area contributed by atoms with Gasteiger partial charge in [0, 0.05) is 76.4 Å². The molecule has 0 spiro atoms. The van der Waals surface area contributed by atoms with Gasteiger partial charge in [0.25, 0.3) is 0 Å². The number of hydrogen-bond donors (Lipinski definition) is 0. The molecular weight excluding hydrogens is 649 g/mol. The van der Waals surface area contributed by atoms with E-state index in [1.165, 1.54) is 20.2 Å². The van der Waals surface area contributed by atoms with Crippen molar-refractivity contribution in [3.8, 4) is 45.3 Å². The number of thiophene rings is 1. The molecule has 11 rings (SSSR count). The molecular formula is C44H24N4O2S. The zero-order chi connectivity index (χ0) is 33.5. The van der Waals surface area contributed by atoms with Crippen LogP contribution in [0, 0.1) is 0 Å². The summed E-state index contributed by atoms with van der Waals surface area (Å²) in [4.78, 5) is 19.6. The average molecular weight is 673 g/mol. The number of pyridine rings is 1. The highest BCUT2D eigenvalue weighted by molar-refractivity contribution is 7.25. The molecule has 5 heterocycles. The first-order valence-electron chi connectivity index (χ1n) is 16.7. The predicted molar refractivity (Wildman–Crippen MR) is 207 cm³/mol. The Kier molecular flexibility index (Phi) is 6.02. The number of aromatic nitrogens is 4. The summed E-state index contributed by atoms with van der Waals surface area (Å²) in [7, 11) is 0. The molecule has 7 heteroatoms. The Labute approximate surface area is 294 Å². The van der Waals surface area contributed by atoms with Gasteiger partial charge in [0.1, 0.15) is 22.3 Å². The Balaban J connectivity index is 1.14. The number of benzene rings is 6. The summed E-state index contributed by atoms with van der Waals surface area (Å²) in [5, 5.41) is 6.63. The van der Waals surface area contributed by atoms with Gasteiger partial charge >= 0.3 is 0 Å². The first-order chi connectivity index (χ1) is 25.2. The van der Waals surface area contributed by atoms with Gasteiger partial charge in [0.05, 0.1) is 0 Å². The molecule has 0 fully saturated rings. The summed E-state index contributed by atoms with van der Waals surface area (Å²) in [6.45, 7) is 0. The van der Waals surface area contributed by atoms with Crippen LogP contribution < -0.4 is 0 Å². The van der Waals surface area contributed by atoms with Crippen molar-refractivity contribution in [1.29, 1.82) is 0 Å². The molecule has 51 heavy (non-hydrogen) atoms. The standard InChI is InChI=1S/C44H24N4O2S/c1-4-12-35-29(9-1)30-17-16-26(22-37(30)49-35)42-46-43(27-8-7-21-45-24-27)48-44(47-42)34-20-19-28(41-40(34)33-11-2-5-13-36(33)50-41)25-15-18-32-31-10-3-6-14-38(31)51-39(32)23-25/h1-24H. The molecule has 0 aliphatic heterocycles. The van der Waals surface area contributed by atoms with E-state index in [2.05, 4.69) is 77.8 Å². The van der Waals surface area contributed by atoms with Gasteiger partial charge in [-0.2, -0.15) is 0 Å². The van der Waals surface area contributed by atoms with Gasteiger partial charge in [-0.25, -0.2) is 15.0 Å². The third-order valence-electron chi connectivity index (χ3n) is 9.65. The van der Waals surface area contributed by atoms with E-state index in [9.17, 15) is 0 Å². The molecule has 0 unspecified atom stereocenters. The Morgan fingerprint density at radius 1 is 0.431 bits per heavy atom. The second-order valence-corrected chi connectivity index (χ2v) is 13.7. The fraction of sp³-hybridized carbons (Fsp3) is 0. The molecule has 0 radical (unpaired) electrons. The maximum atomic E-state index is 6.69. The van der Waals surface area contributed by atoms with Gasteiger partial charge in [0.2, 0.25) is 0 Å². The number of para-hydroxylation sites is 2. The lowest BCUT2D eigenvalue weighted by molar-refractivity contribution is 0.669. The van der Waals surface area contributed by atoms with Crippen LogP contribution in [0.3, 0.4) is 0 Å². The zero-order valence-corrected chi connectivity index (χ0v) is 27.7. The van der Waals surface area contributed by atoms with Crippen molar-refractivity contribution in [2.24, 2.45) is 0 Å². The Bertz CT molecular complexity index is 3160. The largest absolute Gasteiger partial charge is 0.456 e. The van der Waals surface area contributed by atoms with E-state index in [0.717, 1.165) is 71.7 Å². The minimum Gasteiger partial charge on any atom is -0.456 e. The van der Waals surface area contributed by atoms with E-state index in [4.69, 9.17) is 23.8 Å². The van der Waals surface area contributed by atoms with Crippen LogP contribution in [0.4, 0.5) is 0 Å². The molecule has 0 saturated heterocycles. The molecule has 5 aromatic heterocycles. The topological polar surface area (TPSA) is 77.8 Å². The maximum absolute atomic E-state index is 6.69. The molecule has 0 aliphatic rings. The summed E-state index contributed by atoms with van der Waals surface area (Å²) in [6.07, 6.45) is 3.53. The van der Waals surface area contributed by atoms with Crippen molar-refractivity contribution >= 4 is 75.4 Å². The fourth-order valence-electron chi connectivity index (χ4n) is 7.25. The summed E-state index contributed by atoms with van der Waals surface area (Å²) in [6, 6.07) is 45.7. The van der Waals surface area contributed by atoms with E-state index in [1.807, 2.05) is 72.0 Å². The molecule has 6 aromatic carbocycles. The van der Waals surface area contributed by atoms with Crippen molar-refractivity contribution < 1.29 is 8.83 Å². The van der Waals surface area contributed by atoms with Crippen LogP contribution in [0.25, 0.3) is 109 Å². The highest BCUT2D eigenvalue weighted by Crippen LogP contribution is 2.43.